The molecule has 0 amide bonds. The molecule has 0 saturated heterocycles. The van der Waals surface area contributed by atoms with Crippen molar-refractivity contribution in [2.75, 3.05) is 19.6 Å². The van der Waals surface area contributed by atoms with Gasteiger partial charge in [-0.05, 0) is 61.3 Å². The van der Waals surface area contributed by atoms with Gasteiger partial charge in [0, 0.05) is 36.0 Å². The van der Waals surface area contributed by atoms with Gasteiger partial charge in [-0.3, -0.25) is 9.69 Å². The molecular weight excluding hydrogens is 374 g/mol. The number of hydrogen-bond acceptors (Lipinski definition) is 4. The van der Waals surface area contributed by atoms with Crippen LogP contribution in [0.3, 0.4) is 0 Å². The molecule has 158 valence electrons. The Hall–Kier alpha value is -2.79. The predicted octanol–water partition coefficient (Wildman–Crippen LogP) is 4.96. The Morgan fingerprint density at radius 2 is 1.93 bits per heavy atom. The summed E-state index contributed by atoms with van der Waals surface area (Å²) in [5.41, 5.74) is 7.68. The molecule has 1 aliphatic heterocycles. The second-order valence-electron chi connectivity index (χ2n) is 8.09. The first kappa shape index (κ1) is 20.5. The first-order valence-corrected chi connectivity index (χ1v) is 10.8. The highest BCUT2D eigenvalue weighted by molar-refractivity contribution is 6.11. The predicted molar refractivity (Wildman–Crippen MR) is 123 cm³/mol. The van der Waals surface area contributed by atoms with Crippen LogP contribution < -0.4 is 0 Å². The van der Waals surface area contributed by atoms with Gasteiger partial charge < -0.3 is 14.6 Å². The van der Waals surface area contributed by atoms with Crippen LogP contribution in [0.15, 0.2) is 30.5 Å². The molecule has 2 aromatic carbocycles. The van der Waals surface area contributed by atoms with Crippen LogP contribution in [0.5, 0.6) is 0 Å². The molecule has 2 heterocycles. The van der Waals surface area contributed by atoms with E-state index in [4.69, 9.17) is 4.74 Å². The van der Waals surface area contributed by atoms with Crippen LogP contribution in [0, 0.1) is 13.8 Å². The van der Waals surface area contributed by atoms with E-state index in [1.807, 2.05) is 0 Å². The lowest BCUT2D eigenvalue weighted by molar-refractivity contribution is -0.157. The number of fused-ring (bicyclic) bond motifs is 4. The zero-order valence-electron chi connectivity index (χ0n) is 18.6. The summed E-state index contributed by atoms with van der Waals surface area (Å²) in [4.78, 5) is 19.8. The van der Waals surface area contributed by atoms with E-state index in [0.717, 1.165) is 19.6 Å². The summed E-state index contributed by atoms with van der Waals surface area (Å²) in [6.45, 7) is 13.3. The highest BCUT2D eigenvalue weighted by Crippen LogP contribution is 2.37. The number of carbonyl (C=O) groups is 1. The van der Waals surface area contributed by atoms with Crippen LogP contribution in [-0.2, 0) is 16.1 Å². The van der Waals surface area contributed by atoms with Crippen LogP contribution in [0.4, 0.5) is 0 Å². The van der Waals surface area contributed by atoms with Crippen molar-refractivity contribution in [1.29, 1.82) is 0 Å². The van der Waals surface area contributed by atoms with Gasteiger partial charge in [-0.15, -0.1) is 0 Å². The molecule has 1 atom stereocenters. The number of hydrogen-bond donors (Lipinski definition) is 1. The minimum Gasteiger partial charge on any atom is -0.445 e. The van der Waals surface area contributed by atoms with Crippen molar-refractivity contribution in [2.24, 2.45) is 0 Å². The molecule has 1 aromatic heterocycles. The van der Waals surface area contributed by atoms with Crippen molar-refractivity contribution in [3.8, 4) is 0 Å². The second-order valence-corrected chi connectivity index (χ2v) is 8.09. The first-order valence-electron chi connectivity index (χ1n) is 10.8. The fourth-order valence-electron chi connectivity index (χ4n) is 4.77. The highest BCUT2D eigenvalue weighted by atomic mass is 16.6. The maximum absolute atomic E-state index is 11.7. The largest absolute Gasteiger partial charge is 0.445 e. The molecule has 1 unspecified atom stereocenters. The third-order valence-corrected chi connectivity index (χ3v) is 6.36. The van der Waals surface area contributed by atoms with Gasteiger partial charge in [-0.25, -0.2) is 0 Å². The highest BCUT2D eigenvalue weighted by Gasteiger charge is 2.25. The molecule has 30 heavy (non-hydrogen) atoms. The Bertz CT molecular complexity index is 1120. The zero-order chi connectivity index (χ0) is 21.4. The van der Waals surface area contributed by atoms with E-state index in [-0.39, 0.29) is 12.2 Å². The van der Waals surface area contributed by atoms with E-state index < -0.39 is 0 Å². The molecule has 0 radical (unpaired) electrons. The van der Waals surface area contributed by atoms with Gasteiger partial charge in [0.05, 0.1) is 12.1 Å². The minimum absolute atomic E-state index is 0.235. The number of esters is 1. The summed E-state index contributed by atoms with van der Waals surface area (Å²) >= 11 is 0. The molecule has 5 nitrogen and oxygen atoms in total. The third-order valence-electron chi connectivity index (χ3n) is 6.36. The van der Waals surface area contributed by atoms with Gasteiger partial charge in [0.2, 0.25) is 0 Å². The molecule has 0 saturated carbocycles. The van der Waals surface area contributed by atoms with Gasteiger partial charge in [0.25, 0.3) is 0 Å². The van der Waals surface area contributed by atoms with Crippen molar-refractivity contribution < 1.29 is 9.53 Å². The number of carbonyl (C=O) groups excluding carboxylic acids is 1. The SMILES string of the molecule is CCN(CC)C(CN1C=Cc2c(c(C)c3c([nH]c4ccccc43)c2C)C1)OC(C)=O. The number of nitrogens with one attached hydrogen (secondary N) is 1. The Labute approximate surface area is 178 Å². The fourth-order valence-corrected chi connectivity index (χ4v) is 4.77. The monoisotopic (exact) mass is 405 g/mol. The summed E-state index contributed by atoms with van der Waals surface area (Å²) < 4.78 is 5.66. The fraction of sp³-hybridized carbons (Fsp3) is 0.400. The first-order chi connectivity index (χ1) is 14.4. The molecule has 0 bridgehead atoms. The third kappa shape index (κ3) is 3.47. The van der Waals surface area contributed by atoms with E-state index in [9.17, 15) is 4.79 Å². The standard InChI is InChI=1S/C25H31N3O2/c1-6-28(7-2)23(30-18(5)29)15-27-13-12-19-17(4)25-24(16(3)21(19)14-27)20-10-8-9-11-22(20)26-25/h8-13,23,26H,6-7,14-15H2,1-5H3. The minimum atomic E-state index is -0.248. The lowest BCUT2D eigenvalue weighted by atomic mass is 9.90. The van der Waals surface area contributed by atoms with E-state index in [1.54, 1.807) is 0 Å². The number of likely N-dealkylation sites (N-methyl/N-ethyl adjacent to an activating group) is 1. The number of aromatic nitrogens is 1. The Kier molecular flexibility index (Phi) is 5.56. The Balaban J connectivity index is 1.72. The van der Waals surface area contributed by atoms with Crippen LogP contribution >= 0.6 is 0 Å². The molecule has 1 aliphatic rings. The van der Waals surface area contributed by atoms with Crippen molar-refractivity contribution in [2.45, 2.75) is 47.4 Å². The van der Waals surface area contributed by atoms with E-state index in [2.05, 4.69) is 79.0 Å². The summed E-state index contributed by atoms with van der Waals surface area (Å²) in [5.74, 6) is -0.235. The number of H-pyrrole nitrogens is 1. The lowest BCUT2D eigenvalue weighted by Gasteiger charge is -2.35. The summed E-state index contributed by atoms with van der Waals surface area (Å²) in [7, 11) is 0. The molecule has 3 aromatic rings. The summed E-state index contributed by atoms with van der Waals surface area (Å²) in [6, 6.07) is 8.51. The molecule has 0 aliphatic carbocycles. The second kappa shape index (κ2) is 8.15. The van der Waals surface area contributed by atoms with Crippen LogP contribution in [0.25, 0.3) is 27.9 Å². The van der Waals surface area contributed by atoms with Crippen molar-refractivity contribution in [3.63, 3.8) is 0 Å². The normalized spacial score (nSPS) is 14.5. The summed E-state index contributed by atoms with van der Waals surface area (Å²) in [5, 5.41) is 2.59. The molecule has 5 heteroatoms. The van der Waals surface area contributed by atoms with Crippen LogP contribution in [0.1, 0.15) is 43.0 Å². The number of rotatable bonds is 6. The number of benzene rings is 2. The average Bonchev–Trinajstić information content (AvgIpc) is 3.12. The number of para-hydroxylation sites is 1. The van der Waals surface area contributed by atoms with Crippen LogP contribution in [-0.4, -0.2) is 46.6 Å². The van der Waals surface area contributed by atoms with Gasteiger partial charge >= 0.3 is 5.97 Å². The van der Waals surface area contributed by atoms with Gasteiger partial charge in [0.15, 0.2) is 6.23 Å². The topological polar surface area (TPSA) is 48.6 Å². The van der Waals surface area contributed by atoms with Gasteiger partial charge in [-0.2, -0.15) is 0 Å². The number of aryl methyl sites for hydroxylation is 2. The van der Waals surface area contributed by atoms with Crippen molar-refractivity contribution >= 4 is 33.9 Å². The van der Waals surface area contributed by atoms with Crippen molar-refractivity contribution in [3.05, 3.63) is 52.7 Å². The average molecular weight is 406 g/mol. The number of ether oxygens (including phenoxy) is 1. The molecule has 0 fully saturated rings. The Morgan fingerprint density at radius 1 is 1.20 bits per heavy atom. The zero-order valence-corrected chi connectivity index (χ0v) is 18.6. The smallest absolute Gasteiger partial charge is 0.304 e. The van der Waals surface area contributed by atoms with E-state index >= 15 is 0 Å². The molecule has 1 N–H and O–H groups in total. The van der Waals surface area contributed by atoms with E-state index in [1.165, 1.54) is 51.0 Å². The number of nitrogens with zero attached hydrogens (tertiary/aromatic N) is 2. The number of aromatic amines is 1. The maximum atomic E-state index is 11.7. The quantitative estimate of drug-likeness (QED) is 0.465. The van der Waals surface area contributed by atoms with Crippen LogP contribution in [0.2, 0.25) is 0 Å². The molecule has 0 spiro atoms. The lowest BCUT2D eigenvalue weighted by Crippen LogP contribution is -2.45. The summed E-state index contributed by atoms with van der Waals surface area (Å²) in [6.07, 6.45) is 4.10. The molecular formula is C25H31N3O2. The van der Waals surface area contributed by atoms with Crippen molar-refractivity contribution in [1.82, 2.24) is 14.8 Å². The van der Waals surface area contributed by atoms with Gasteiger partial charge in [-0.1, -0.05) is 32.0 Å². The van der Waals surface area contributed by atoms with E-state index in [0.29, 0.717) is 6.54 Å². The maximum Gasteiger partial charge on any atom is 0.304 e. The van der Waals surface area contributed by atoms with Gasteiger partial charge in [0.1, 0.15) is 0 Å². The molecule has 4 rings (SSSR count). The Morgan fingerprint density at radius 3 is 2.63 bits per heavy atom.